The second-order valence-electron chi connectivity index (χ2n) is 4.92. The summed E-state index contributed by atoms with van der Waals surface area (Å²) in [6.45, 7) is 3.78. The molecule has 1 aromatic rings. The molecular formula is C13H17FN2O5. The number of nitrogens with one attached hydrogen (secondary N) is 1. The van der Waals surface area contributed by atoms with Crippen molar-refractivity contribution in [2.75, 3.05) is 26.1 Å². The van der Waals surface area contributed by atoms with Crippen molar-refractivity contribution in [3.8, 4) is 0 Å². The summed E-state index contributed by atoms with van der Waals surface area (Å²) < 4.78 is 23.3. The fourth-order valence-corrected chi connectivity index (χ4v) is 1.50. The van der Waals surface area contributed by atoms with Crippen molar-refractivity contribution in [3.05, 3.63) is 33.6 Å². The lowest BCUT2D eigenvalue weighted by atomic mass is 10.1. The van der Waals surface area contributed by atoms with Gasteiger partial charge in [-0.1, -0.05) is 0 Å². The fraction of sp³-hybridized carbons (Fsp3) is 0.462. The Morgan fingerprint density at radius 2 is 2.05 bits per heavy atom. The van der Waals surface area contributed by atoms with E-state index in [1.165, 1.54) is 7.11 Å². The molecule has 1 rings (SSSR count). The van der Waals surface area contributed by atoms with Crippen LogP contribution in [0.1, 0.15) is 24.2 Å². The van der Waals surface area contributed by atoms with E-state index in [0.717, 1.165) is 13.2 Å². The van der Waals surface area contributed by atoms with Crippen molar-refractivity contribution < 1.29 is 23.6 Å². The molecule has 0 bridgehead atoms. The molecule has 0 aliphatic rings. The van der Waals surface area contributed by atoms with Crippen LogP contribution in [0.2, 0.25) is 0 Å². The Kier molecular flexibility index (Phi) is 5.20. The van der Waals surface area contributed by atoms with Gasteiger partial charge in [0.25, 0.3) is 5.69 Å². The number of hydrogen-bond acceptors (Lipinski definition) is 6. The average molecular weight is 300 g/mol. The van der Waals surface area contributed by atoms with E-state index in [1.807, 2.05) is 0 Å². The number of hydrogen-bond donors (Lipinski definition) is 1. The monoisotopic (exact) mass is 300 g/mol. The van der Waals surface area contributed by atoms with Crippen LogP contribution in [0.5, 0.6) is 0 Å². The number of benzene rings is 1. The smallest absolute Gasteiger partial charge is 0.340 e. The fourth-order valence-electron chi connectivity index (χ4n) is 1.50. The van der Waals surface area contributed by atoms with Gasteiger partial charge in [0.15, 0.2) is 0 Å². The highest BCUT2D eigenvalue weighted by Crippen LogP contribution is 2.29. The molecule has 0 amide bonds. The molecular weight excluding hydrogens is 283 g/mol. The molecule has 0 saturated heterocycles. The number of nitro benzene ring substituents is 1. The normalized spacial score (nSPS) is 11.1. The number of nitro groups is 1. The number of nitrogens with zero attached hydrogens (tertiary/aromatic N) is 1. The molecule has 0 saturated carbocycles. The third-order valence-electron chi connectivity index (χ3n) is 2.94. The Hall–Kier alpha value is -2.22. The van der Waals surface area contributed by atoms with Gasteiger partial charge in [-0.3, -0.25) is 10.1 Å². The topological polar surface area (TPSA) is 90.7 Å². The zero-order valence-corrected chi connectivity index (χ0v) is 12.2. The molecule has 0 spiro atoms. The van der Waals surface area contributed by atoms with E-state index in [0.29, 0.717) is 6.07 Å². The minimum absolute atomic E-state index is 0.0203. The number of rotatable bonds is 6. The van der Waals surface area contributed by atoms with Crippen molar-refractivity contribution in [1.82, 2.24) is 0 Å². The molecule has 7 nitrogen and oxygen atoms in total. The molecule has 21 heavy (non-hydrogen) atoms. The molecule has 0 atom stereocenters. The Morgan fingerprint density at radius 1 is 1.43 bits per heavy atom. The van der Waals surface area contributed by atoms with Gasteiger partial charge in [0, 0.05) is 13.7 Å². The van der Waals surface area contributed by atoms with Crippen LogP contribution in [-0.4, -0.2) is 37.3 Å². The third-order valence-corrected chi connectivity index (χ3v) is 2.94. The van der Waals surface area contributed by atoms with E-state index < -0.39 is 28.0 Å². The molecule has 0 radical (unpaired) electrons. The first kappa shape index (κ1) is 16.8. The van der Waals surface area contributed by atoms with E-state index in [1.54, 1.807) is 13.8 Å². The number of anilines is 1. The van der Waals surface area contributed by atoms with Crippen LogP contribution in [0.25, 0.3) is 0 Å². The zero-order valence-electron chi connectivity index (χ0n) is 12.2. The zero-order chi connectivity index (χ0) is 16.2. The van der Waals surface area contributed by atoms with Crippen molar-refractivity contribution >= 4 is 17.3 Å². The average Bonchev–Trinajstić information content (AvgIpc) is 2.44. The second kappa shape index (κ2) is 6.49. The quantitative estimate of drug-likeness (QED) is 0.492. The Morgan fingerprint density at radius 3 is 2.52 bits per heavy atom. The first-order chi connectivity index (χ1) is 9.71. The molecule has 0 aliphatic heterocycles. The van der Waals surface area contributed by atoms with Crippen molar-refractivity contribution in [1.29, 1.82) is 0 Å². The minimum atomic E-state index is -1.01. The molecule has 8 heteroatoms. The number of esters is 1. The summed E-state index contributed by atoms with van der Waals surface area (Å²) >= 11 is 0. The van der Waals surface area contributed by atoms with Crippen LogP contribution < -0.4 is 5.32 Å². The SMILES string of the molecule is COC(=O)c1cc(NCC(C)(C)OC)c([N+](=O)[O-])cc1F. The van der Waals surface area contributed by atoms with Crippen LogP contribution >= 0.6 is 0 Å². The Bertz CT molecular complexity index is 560. The number of ether oxygens (including phenoxy) is 2. The maximum atomic E-state index is 13.7. The van der Waals surface area contributed by atoms with Crippen molar-refractivity contribution in [2.45, 2.75) is 19.4 Å². The third kappa shape index (κ3) is 4.12. The first-order valence-corrected chi connectivity index (χ1v) is 6.07. The van der Waals surface area contributed by atoms with Gasteiger partial charge in [-0.2, -0.15) is 0 Å². The maximum Gasteiger partial charge on any atom is 0.340 e. The van der Waals surface area contributed by atoms with Gasteiger partial charge in [-0.15, -0.1) is 0 Å². The van der Waals surface area contributed by atoms with Gasteiger partial charge in [0.05, 0.1) is 29.3 Å². The number of halogens is 1. The molecule has 116 valence electrons. The lowest BCUT2D eigenvalue weighted by Crippen LogP contribution is -2.32. The van der Waals surface area contributed by atoms with Crippen molar-refractivity contribution in [2.24, 2.45) is 0 Å². The summed E-state index contributed by atoms with van der Waals surface area (Å²) in [4.78, 5) is 21.7. The summed E-state index contributed by atoms with van der Waals surface area (Å²) in [6, 6.07) is 1.75. The van der Waals surface area contributed by atoms with Crippen LogP contribution in [0.4, 0.5) is 15.8 Å². The Labute approximate surface area is 121 Å². The largest absolute Gasteiger partial charge is 0.465 e. The van der Waals surface area contributed by atoms with Gasteiger partial charge in [-0.05, 0) is 19.9 Å². The second-order valence-corrected chi connectivity index (χ2v) is 4.92. The van der Waals surface area contributed by atoms with E-state index in [2.05, 4.69) is 10.1 Å². The Balaban J connectivity index is 3.20. The van der Waals surface area contributed by atoms with Crippen LogP contribution in [0.3, 0.4) is 0 Å². The summed E-state index contributed by atoms with van der Waals surface area (Å²) in [5, 5.41) is 13.8. The number of carbonyl (C=O) groups excluding carboxylic acids is 1. The van der Waals surface area contributed by atoms with Crippen molar-refractivity contribution in [3.63, 3.8) is 0 Å². The predicted molar refractivity (Wildman–Crippen MR) is 74.0 cm³/mol. The van der Waals surface area contributed by atoms with Gasteiger partial charge in [0.2, 0.25) is 0 Å². The highest BCUT2D eigenvalue weighted by atomic mass is 19.1. The minimum Gasteiger partial charge on any atom is -0.465 e. The molecule has 0 unspecified atom stereocenters. The molecule has 0 fully saturated rings. The highest BCUT2D eigenvalue weighted by Gasteiger charge is 2.24. The lowest BCUT2D eigenvalue weighted by Gasteiger charge is -2.23. The number of methoxy groups -OCH3 is 2. The predicted octanol–water partition coefficient (Wildman–Crippen LogP) is 2.36. The van der Waals surface area contributed by atoms with Gasteiger partial charge >= 0.3 is 5.97 Å². The summed E-state index contributed by atoms with van der Waals surface area (Å²) in [5.41, 5.74) is -1.41. The van der Waals surface area contributed by atoms with E-state index in [4.69, 9.17) is 4.74 Å². The highest BCUT2D eigenvalue weighted by molar-refractivity contribution is 5.91. The standard InChI is InChI=1S/C13H17FN2O5/c1-13(2,21-4)7-15-10-5-8(12(17)20-3)9(14)6-11(10)16(18)19/h5-6,15H,7H2,1-4H3. The van der Waals surface area contributed by atoms with Crippen LogP contribution in [-0.2, 0) is 9.47 Å². The van der Waals surface area contributed by atoms with Crippen LogP contribution in [0, 0.1) is 15.9 Å². The maximum absolute atomic E-state index is 13.7. The molecule has 1 aromatic carbocycles. The van der Waals surface area contributed by atoms with Gasteiger partial charge < -0.3 is 14.8 Å². The summed E-state index contributed by atoms with van der Waals surface area (Å²) in [5.74, 6) is -1.92. The van der Waals surface area contributed by atoms with E-state index in [9.17, 15) is 19.3 Å². The first-order valence-electron chi connectivity index (χ1n) is 6.07. The summed E-state index contributed by atoms with van der Waals surface area (Å²) in [7, 11) is 2.60. The lowest BCUT2D eigenvalue weighted by molar-refractivity contribution is -0.384. The molecule has 1 N–H and O–H groups in total. The number of carbonyl (C=O) groups is 1. The molecule has 0 heterocycles. The van der Waals surface area contributed by atoms with E-state index in [-0.39, 0.29) is 17.8 Å². The van der Waals surface area contributed by atoms with Gasteiger partial charge in [-0.25, -0.2) is 9.18 Å². The molecule has 0 aromatic heterocycles. The van der Waals surface area contributed by atoms with E-state index >= 15 is 0 Å². The van der Waals surface area contributed by atoms with Crippen LogP contribution in [0.15, 0.2) is 12.1 Å². The molecule has 0 aliphatic carbocycles. The van der Waals surface area contributed by atoms with Gasteiger partial charge in [0.1, 0.15) is 11.5 Å². The summed E-state index contributed by atoms with van der Waals surface area (Å²) in [6.07, 6.45) is 0.